The first kappa shape index (κ1) is 22.6. The average Bonchev–Trinajstić information content (AvgIpc) is 2.60. The summed E-state index contributed by atoms with van der Waals surface area (Å²) in [7, 11) is -1.73. The standard InChI is InChI=1S/C18H23BF2N4O4/c1-10(2)5-15(19(28)29)24-16(26)9-23-18(27)14-3-4-25(14)17-12(20)6-11(8-22)7-13(17)21/h6-7,10,14-15,28-29H,3-5,9H2,1-2H3,(H,23,27)(H,24,26)/t14-,15+/m0/s1. The number of anilines is 1. The van der Waals surface area contributed by atoms with Gasteiger partial charge in [0.15, 0.2) is 11.6 Å². The lowest BCUT2D eigenvalue weighted by Gasteiger charge is -2.41. The van der Waals surface area contributed by atoms with Crippen LogP contribution in [0.5, 0.6) is 0 Å². The van der Waals surface area contributed by atoms with E-state index in [-0.39, 0.29) is 23.7 Å². The van der Waals surface area contributed by atoms with E-state index in [0.29, 0.717) is 12.8 Å². The van der Waals surface area contributed by atoms with Crippen molar-refractivity contribution < 1.29 is 28.4 Å². The summed E-state index contributed by atoms with van der Waals surface area (Å²) < 4.78 is 28.3. The number of rotatable bonds is 8. The zero-order valence-electron chi connectivity index (χ0n) is 16.2. The minimum absolute atomic E-state index is 0.109. The lowest BCUT2D eigenvalue weighted by Crippen LogP contribution is -2.58. The van der Waals surface area contributed by atoms with Gasteiger partial charge >= 0.3 is 7.12 Å². The van der Waals surface area contributed by atoms with Gasteiger partial charge in [0.2, 0.25) is 11.8 Å². The van der Waals surface area contributed by atoms with Crippen LogP contribution in [0.25, 0.3) is 0 Å². The molecule has 4 N–H and O–H groups in total. The molecule has 1 saturated heterocycles. The van der Waals surface area contributed by atoms with E-state index >= 15 is 0 Å². The minimum atomic E-state index is -1.73. The van der Waals surface area contributed by atoms with Gasteiger partial charge in [-0.1, -0.05) is 13.8 Å². The molecular weight excluding hydrogens is 385 g/mol. The molecule has 2 atom stereocenters. The summed E-state index contributed by atoms with van der Waals surface area (Å²) in [6.07, 6.45) is 0.683. The van der Waals surface area contributed by atoms with Crippen molar-refractivity contribution in [2.24, 2.45) is 5.92 Å². The highest BCUT2D eigenvalue weighted by Crippen LogP contribution is 2.32. The average molecular weight is 408 g/mol. The van der Waals surface area contributed by atoms with E-state index in [1.54, 1.807) is 6.07 Å². The molecule has 0 unspecified atom stereocenters. The molecule has 1 aliphatic rings. The molecule has 1 heterocycles. The topological polar surface area (TPSA) is 126 Å². The molecule has 1 aromatic carbocycles. The molecule has 0 spiro atoms. The fourth-order valence-corrected chi connectivity index (χ4v) is 3.14. The number of carbonyl (C=O) groups is 2. The molecule has 11 heteroatoms. The molecule has 1 aliphatic heterocycles. The molecule has 29 heavy (non-hydrogen) atoms. The van der Waals surface area contributed by atoms with Crippen molar-refractivity contribution in [2.45, 2.75) is 38.7 Å². The lowest BCUT2D eigenvalue weighted by atomic mass is 9.75. The monoisotopic (exact) mass is 408 g/mol. The maximum absolute atomic E-state index is 14.2. The van der Waals surface area contributed by atoms with Crippen molar-refractivity contribution in [2.75, 3.05) is 18.0 Å². The molecule has 0 aliphatic carbocycles. The van der Waals surface area contributed by atoms with E-state index in [1.165, 1.54) is 4.90 Å². The van der Waals surface area contributed by atoms with Gasteiger partial charge in [-0.15, -0.1) is 0 Å². The molecule has 1 fully saturated rings. The Kier molecular flexibility index (Phi) is 7.53. The number of nitriles is 1. The van der Waals surface area contributed by atoms with Gasteiger partial charge in [0.1, 0.15) is 11.7 Å². The van der Waals surface area contributed by atoms with Gasteiger partial charge in [0, 0.05) is 6.54 Å². The number of carbonyl (C=O) groups excluding carboxylic acids is 2. The van der Waals surface area contributed by atoms with Crippen LogP contribution in [-0.2, 0) is 9.59 Å². The van der Waals surface area contributed by atoms with Crippen LogP contribution in [0.4, 0.5) is 14.5 Å². The summed E-state index contributed by atoms with van der Waals surface area (Å²) in [6.45, 7) is 3.55. The van der Waals surface area contributed by atoms with Crippen LogP contribution in [0.2, 0.25) is 0 Å². The van der Waals surface area contributed by atoms with Crippen molar-refractivity contribution in [3.05, 3.63) is 29.3 Å². The van der Waals surface area contributed by atoms with Crippen molar-refractivity contribution >= 4 is 24.6 Å². The second kappa shape index (κ2) is 9.67. The largest absolute Gasteiger partial charge is 0.475 e. The van der Waals surface area contributed by atoms with Crippen molar-refractivity contribution in [3.8, 4) is 6.07 Å². The van der Waals surface area contributed by atoms with Gasteiger partial charge in [0.05, 0.1) is 24.1 Å². The normalized spacial score (nSPS) is 16.6. The fourth-order valence-electron chi connectivity index (χ4n) is 3.14. The molecule has 2 amide bonds. The van der Waals surface area contributed by atoms with Crippen LogP contribution in [0, 0.1) is 28.9 Å². The van der Waals surface area contributed by atoms with Crippen LogP contribution in [0.3, 0.4) is 0 Å². The quantitative estimate of drug-likeness (QED) is 0.452. The first-order valence-corrected chi connectivity index (χ1v) is 9.23. The van der Waals surface area contributed by atoms with Gasteiger partial charge in [-0.25, -0.2) is 8.78 Å². The van der Waals surface area contributed by atoms with Crippen molar-refractivity contribution in [1.82, 2.24) is 10.6 Å². The third-order valence-corrected chi connectivity index (χ3v) is 4.61. The maximum atomic E-state index is 14.2. The van der Waals surface area contributed by atoms with E-state index in [4.69, 9.17) is 5.26 Å². The third-order valence-electron chi connectivity index (χ3n) is 4.61. The Morgan fingerprint density at radius 2 is 1.97 bits per heavy atom. The highest BCUT2D eigenvalue weighted by atomic mass is 19.1. The number of benzene rings is 1. The number of nitrogens with zero attached hydrogens (tertiary/aromatic N) is 2. The molecule has 0 bridgehead atoms. The Balaban J connectivity index is 1.95. The van der Waals surface area contributed by atoms with Crippen LogP contribution in [0.15, 0.2) is 12.1 Å². The summed E-state index contributed by atoms with van der Waals surface area (Å²) in [5.41, 5.74) is -0.552. The number of hydrogen-bond donors (Lipinski definition) is 4. The van der Waals surface area contributed by atoms with Gasteiger partial charge < -0.3 is 25.6 Å². The maximum Gasteiger partial charge on any atom is 0.475 e. The molecule has 1 aromatic rings. The smallest absolute Gasteiger partial charge is 0.426 e. The Morgan fingerprint density at radius 1 is 1.34 bits per heavy atom. The van der Waals surface area contributed by atoms with E-state index in [0.717, 1.165) is 12.1 Å². The number of hydrogen-bond acceptors (Lipinski definition) is 6. The molecule has 0 saturated carbocycles. The highest BCUT2D eigenvalue weighted by Gasteiger charge is 2.37. The Morgan fingerprint density at radius 3 is 2.41 bits per heavy atom. The van der Waals surface area contributed by atoms with Gasteiger partial charge in [-0.05, 0) is 30.9 Å². The zero-order valence-corrected chi connectivity index (χ0v) is 16.2. The second-order valence-corrected chi connectivity index (χ2v) is 7.33. The van der Waals surface area contributed by atoms with E-state index in [1.807, 2.05) is 13.8 Å². The first-order chi connectivity index (χ1) is 13.6. The molecule has 0 radical (unpaired) electrons. The van der Waals surface area contributed by atoms with E-state index in [9.17, 15) is 28.4 Å². The zero-order chi connectivity index (χ0) is 21.7. The van der Waals surface area contributed by atoms with Gasteiger partial charge in [0.25, 0.3) is 0 Å². The van der Waals surface area contributed by atoms with Crippen LogP contribution in [0.1, 0.15) is 32.3 Å². The SMILES string of the molecule is CC(C)C[C@@H](NC(=O)CNC(=O)[C@@H]1CCN1c1c(F)cc(C#N)cc1F)B(O)O. The predicted molar refractivity (Wildman–Crippen MR) is 101 cm³/mol. The molecule has 8 nitrogen and oxygen atoms in total. The Hall–Kier alpha value is -2.71. The number of halogens is 2. The third kappa shape index (κ3) is 5.65. The van der Waals surface area contributed by atoms with E-state index in [2.05, 4.69) is 10.6 Å². The summed E-state index contributed by atoms with van der Waals surface area (Å²) in [4.78, 5) is 25.6. The highest BCUT2D eigenvalue weighted by molar-refractivity contribution is 6.43. The van der Waals surface area contributed by atoms with E-state index < -0.39 is 49.1 Å². The molecule has 156 valence electrons. The molecule has 0 aromatic heterocycles. The minimum Gasteiger partial charge on any atom is -0.426 e. The summed E-state index contributed by atoms with van der Waals surface area (Å²) in [5.74, 6) is -3.84. The predicted octanol–water partition coefficient (Wildman–Crippen LogP) is 0.0743. The van der Waals surface area contributed by atoms with Crippen LogP contribution >= 0.6 is 0 Å². The van der Waals surface area contributed by atoms with Gasteiger partial charge in [-0.2, -0.15) is 5.26 Å². The number of nitrogens with one attached hydrogen (secondary N) is 2. The lowest BCUT2D eigenvalue weighted by molar-refractivity contribution is -0.127. The van der Waals surface area contributed by atoms with Crippen LogP contribution < -0.4 is 15.5 Å². The Labute approximate surface area is 167 Å². The first-order valence-electron chi connectivity index (χ1n) is 9.23. The van der Waals surface area contributed by atoms with Crippen molar-refractivity contribution in [3.63, 3.8) is 0 Å². The van der Waals surface area contributed by atoms with Crippen LogP contribution in [-0.4, -0.2) is 54.1 Å². The summed E-state index contributed by atoms with van der Waals surface area (Å²) >= 11 is 0. The summed E-state index contributed by atoms with van der Waals surface area (Å²) in [6, 6.07) is 2.60. The molecular formula is C18H23BF2N4O4. The van der Waals surface area contributed by atoms with Gasteiger partial charge in [-0.3, -0.25) is 9.59 Å². The second-order valence-electron chi connectivity index (χ2n) is 7.33. The molecule has 2 rings (SSSR count). The van der Waals surface area contributed by atoms with Crippen molar-refractivity contribution in [1.29, 1.82) is 5.26 Å². The number of amides is 2. The Bertz CT molecular complexity index is 793. The summed E-state index contributed by atoms with van der Waals surface area (Å²) in [5, 5.41) is 32.2. The fraction of sp³-hybridized carbons (Fsp3) is 0.500.